The van der Waals surface area contributed by atoms with Crippen LogP contribution in [0.1, 0.15) is 18.1 Å². The van der Waals surface area contributed by atoms with Crippen LogP contribution in [0.25, 0.3) is 0 Å². The zero-order valence-electron chi connectivity index (χ0n) is 12.3. The van der Waals surface area contributed by atoms with Gasteiger partial charge in [-0.25, -0.2) is 4.99 Å². The van der Waals surface area contributed by atoms with Crippen LogP contribution < -0.4 is 0 Å². The Morgan fingerprint density at radius 3 is 2.55 bits per heavy atom. The van der Waals surface area contributed by atoms with Crippen LogP contribution in [0.15, 0.2) is 23.2 Å². The molecule has 1 aromatic carbocycles. The Hall–Kier alpha value is -1.49. The van der Waals surface area contributed by atoms with E-state index in [0.29, 0.717) is 0 Å². The van der Waals surface area contributed by atoms with Gasteiger partial charge in [0.25, 0.3) is 0 Å². The highest BCUT2D eigenvalue weighted by Crippen LogP contribution is 2.30. The summed E-state index contributed by atoms with van der Waals surface area (Å²) >= 11 is 1.62. The van der Waals surface area contributed by atoms with Gasteiger partial charge in [0.15, 0.2) is 5.17 Å². The van der Waals surface area contributed by atoms with Gasteiger partial charge in [-0.05, 0) is 44.0 Å². The molecular weight excluding hydrogens is 272 g/mol. The molecule has 20 heavy (non-hydrogen) atoms. The molecule has 1 aliphatic rings. The van der Waals surface area contributed by atoms with Crippen molar-refractivity contribution in [1.29, 1.82) is 0 Å². The lowest BCUT2D eigenvalue weighted by Crippen LogP contribution is -2.38. The number of carboxylic acids is 1. The molecule has 4 nitrogen and oxygen atoms in total. The molecule has 2 unspecified atom stereocenters. The third-order valence-corrected chi connectivity index (χ3v) is 4.73. The number of aliphatic carboxylic acids is 1. The minimum atomic E-state index is -0.755. The lowest BCUT2D eigenvalue weighted by atomic mass is 10.0. The van der Waals surface area contributed by atoms with Crippen LogP contribution in [-0.4, -0.2) is 40.0 Å². The van der Waals surface area contributed by atoms with Crippen molar-refractivity contribution in [3.8, 4) is 0 Å². The van der Waals surface area contributed by atoms with Crippen LogP contribution in [-0.2, 0) is 4.79 Å². The maximum Gasteiger partial charge on any atom is 0.308 e. The number of hydrogen-bond donors (Lipinski definition) is 1. The Bertz CT molecular complexity index is 537. The first-order valence-electron chi connectivity index (χ1n) is 6.64. The van der Waals surface area contributed by atoms with Gasteiger partial charge in [0.1, 0.15) is 0 Å². The highest BCUT2D eigenvalue weighted by atomic mass is 32.2. The molecule has 1 heterocycles. The summed E-state index contributed by atoms with van der Waals surface area (Å²) in [5.41, 5.74) is 3.30. The van der Waals surface area contributed by atoms with E-state index in [1.54, 1.807) is 18.7 Å². The normalized spacial score (nSPS) is 22.3. The highest BCUT2D eigenvalue weighted by Gasteiger charge is 2.34. The monoisotopic (exact) mass is 292 g/mol. The van der Waals surface area contributed by atoms with Crippen molar-refractivity contribution in [2.75, 3.05) is 12.8 Å². The van der Waals surface area contributed by atoms with E-state index in [9.17, 15) is 4.79 Å². The first-order chi connectivity index (χ1) is 9.38. The van der Waals surface area contributed by atoms with E-state index in [2.05, 4.69) is 24.9 Å². The summed E-state index contributed by atoms with van der Waals surface area (Å²) in [7, 11) is 1.92. The molecular formula is C15H20N2O2S. The van der Waals surface area contributed by atoms with E-state index < -0.39 is 5.97 Å². The van der Waals surface area contributed by atoms with Crippen molar-refractivity contribution in [3.05, 3.63) is 29.3 Å². The van der Waals surface area contributed by atoms with Crippen molar-refractivity contribution in [1.82, 2.24) is 4.90 Å². The molecule has 108 valence electrons. The summed E-state index contributed by atoms with van der Waals surface area (Å²) in [4.78, 5) is 17.8. The van der Waals surface area contributed by atoms with E-state index in [4.69, 9.17) is 5.11 Å². The molecule has 0 aromatic heterocycles. The van der Waals surface area contributed by atoms with Gasteiger partial charge in [-0.15, -0.1) is 0 Å². The van der Waals surface area contributed by atoms with E-state index >= 15 is 0 Å². The fourth-order valence-electron chi connectivity index (χ4n) is 2.40. The molecule has 0 amide bonds. The smallest absolute Gasteiger partial charge is 0.308 e. The third kappa shape index (κ3) is 3.15. The van der Waals surface area contributed by atoms with Crippen molar-refractivity contribution in [2.45, 2.75) is 26.8 Å². The standard InChI is InChI=1S/C15H20N2O2S/c1-9-5-10(2)7-12(6-9)16-15-17(4)13(8-20-15)11(3)14(18)19/h5-7,11,13H,8H2,1-4H3,(H,18,19). The van der Waals surface area contributed by atoms with Crippen molar-refractivity contribution in [3.63, 3.8) is 0 Å². The number of nitrogens with zero attached hydrogens (tertiary/aromatic N) is 2. The first-order valence-corrected chi connectivity index (χ1v) is 7.62. The summed E-state index contributed by atoms with van der Waals surface area (Å²) in [6.07, 6.45) is 0. The van der Waals surface area contributed by atoms with Gasteiger partial charge in [0, 0.05) is 12.8 Å². The summed E-state index contributed by atoms with van der Waals surface area (Å²) in [5.74, 6) is -0.373. The number of aryl methyl sites for hydroxylation is 2. The molecule has 1 fully saturated rings. The fourth-order valence-corrected chi connectivity index (χ4v) is 3.74. The van der Waals surface area contributed by atoms with Crippen LogP contribution in [0.2, 0.25) is 0 Å². The minimum absolute atomic E-state index is 0.00200. The average Bonchev–Trinajstić information content (AvgIpc) is 2.69. The van der Waals surface area contributed by atoms with Crippen molar-refractivity contribution >= 4 is 28.6 Å². The average molecular weight is 292 g/mol. The second-order valence-corrected chi connectivity index (χ2v) is 6.34. The minimum Gasteiger partial charge on any atom is -0.481 e. The molecule has 1 aliphatic heterocycles. The predicted molar refractivity (Wildman–Crippen MR) is 83.8 cm³/mol. The van der Waals surface area contributed by atoms with Crippen molar-refractivity contribution < 1.29 is 9.90 Å². The van der Waals surface area contributed by atoms with Gasteiger partial charge in [-0.3, -0.25) is 4.79 Å². The van der Waals surface area contributed by atoms with Gasteiger partial charge >= 0.3 is 5.97 Å². The Labute approximate surface area is 123 Å². The summed E-state index contributed by atoms with van der Waals surface area (Å²) in [6.45, 7) is 5.86. The second kappa shape index (κ2) is 5.87. The Balaban J connectivity index is 2.22. The quantitative estimate of drug-likeness (QED) is 0.930. The number of carbonyl (C=O) groups is 1. The lowest BCUT2D eigenvalue weighted by Gasteiger charge is -2.24. The molecule has 0 spiro atoms. The van der Waals surface area contributed by atoms with Gasteiger partial charge in [0.05, 0.1) is 17.6 Å². The number of hydrogen-bond acceptors (Lipinski definition) is 3. The van der Waals surface area contributed by atoms with Crippen LogP contribution in [0.3, 0.4) is 0 Å². The molecule has 0 radical (unpaired) electrons. The SMILES string of the molecule is Cc1cc(C)cc(N=C2SCC(C(C)C(=O)O)N2C)c1. The molecule has 2 atom stereocenters. The number of amidine groups is 1. The zero-order chi connectivity index (χ0) is 14.9. The molecule has 1 aromatic rings. The summed E-state index contributed by atoms with van der Waals surface area (Å²) in [6, 6.07) is 6.21. The van der Waals surface area contributed by atoms with Gasteiger partial charge in [-0.2, -0.15) is 0 Å². The number of aliphatic imine (C=N–C) groups is 1. The molecule has 0 saturated carbocycles. The van der Waals surface area contributed by atoms with Crippen LogP contribution >= 0.6 is 11.8 Å². The number of carboxylic acid groups (broad SMARTS) is 1. The van der Waals surface area contributed by atoms with Crippen LogP contribution in [0.4, 0.5) is 5.69 Å². The fraction of sp³-hybridized carbons (Fsp3) is 0.467. The van der Waals surface area contributed by atoms with E-state index in [-0.39, 0.29) is 12.0 Å². The van der Waals surface area contributed by atoms with E-state index in [1.807, 2.05) is 24.1 Å². The number of thioether (sulfide) groups is 1. The molecule has 1 N–H and O–H groups in total. The van der Waals surface area contributed by atoms with Gasteiger partial charge in [0.2, 0.25) is 0 Å². The number of benzene rings is 1. The molecule has 0 aliphatic carbocycles. The number of rotatable bonds is 3. The molecule has 2 rings (SSSR count). The van der Waals surface area contributed by atoms with Gasteiger partial charge < -0.3 is 10.0 Å². The second-order valence-electron chi connectivity index (χ2n) is 5.36. The van der Waals surface area contributed by atoms with E-state index in [1.165, 1.54) is 11.1 Å². The predicted octanol–water partition coefficient (Wildman–Crippen LogP) is 3.06. The van der Waals surface area contributed by atoms with Gasteiger partial charge in [-0.1, -0.05) is 17.8 Å². The third-order valence-electron chi connectivity index (χ3n) is 3.58. The molecule has 0 bridgehead atoms. The largest absolute Gasteiger partial charge is 0.481 e. The maximum atomic E-state index is 11.1. The van der Waals surface area contributed by atoms with Crippen LogP contribution in [0, 0.1) is 19.8 Å². The van der Waals surface area contributed by atoms with E-state index in [0.717, 1.165) is 16.6 Å². The lowest BCUT2D eigenvalue weighted by molar-refractivity contribution is -0.142. The molecule has 1 saturated heterocycles. The van der Waals surface area contributed by atoms with Crippen molar-refractivity contribution in [2.24, 2.45) is 10.9 Å². The zero-order valence-corrected chi connectivity index (χ0v) is 13.1. The topological polar surface area (TPSA) is 52.9 Å². The maximum absolute atomic E-state index is 11.1. The highest BCUT2D eigenvalue weighted by molar-refractivity contribution is 8.14. The Morgan fingerprint density at radius 2 is 2.00 bits per heavy atom. The Morgan fingerprint density at radius 1 is 1.40 bits per heavy atom. The summed E-state index contributed by atoms with van der Waals surface area (Å²) < 4.78 is 0. The first kappa shape index (κ1) is 14.9. The van der Waals surface area contributed by atoms with Crippen LogP contribution in [0.5, 0.6) is 0 Å². The Kier molecular flexibility index (Phi) is 4.38. The summed E-state index contributed by atoms with van der Waals surface area (Å²) in [5, 5.41) is 10.0. The molecule has 5 heteroatoms.